The van der Waals surface area contributed by atoms with Crippen molar-refractivity contribution in [2.45, 2.75) is 4.90 Å². The van der Waals surface area contributed by atoms with Crippen molar-refractivity contribution in [1.82, 2.24) is 5.32 Å². The molecule has 0 aliphatic carbocycles. The lowest BCUT2D eigenvalue weighted by molar-refractivity contribution is 0.598. The van der Waals surface area contributed by atoms with E-state index in [0.29, 0.717) is 5.69 Å². The van der Waals surface area contributed by atoms with E-state index in [4.69, 9.17) is 10.9 Å². The van der Waals surface area contributed by atoms with Crippen LogP contribution in [0, 0.1) is 0 Å². The Labute approximate surface area is 102 Å². The molecule has 0 radical (unpaired) electrons. The van der Waals surface area contributed by atoms with E-state index in [9.17, 15) is 8.42 Å². The molecule has 1 aromatic carbocycles. The predicted molar refractivity (Wildman–Crippen MR) is 69.4 cm³/mol. The molecule has 0 amide bonds. The largest absolute Gasteiger partial charge is 0.399 e. The van der Waals surface area contributed by atoms with Gasteiger partial charge in [0, 0.05) is 31.5 Å². The number of hydrogen-bond donors (Lipinski definition) is 3. The van der Waals surface area contributed by atoms with Gasteiger partial charge in [-0.1, -0.05) is 0 Å². The first kappa shape index (κ1) is 13.8. The average molecular weight is 258 g/mol. The second-order valence-electron chi connectivity index (χ2n) is 3.83. The lowest BCUT2D eigenvalue weighted by Gasteiger charge is -2.20. The number of rotatable bonds is 5. The molecule has 96 valence electrons. The molecule has 0 aromatic heterocycles. The molecule has 7 heteroatoms. The second-order valence-corrected chi connectivity index (χ2v) is 5.39. The number of nitrogens with zero attached hydrogens (tertiary/aromatic N) is 1. The third-order valence-corrected chi connectivity index (χ3v) is 3.27. The van der Waals surface area contributed by atoms with Gasteiger partial charge in [-0.25, -0.2) is 13.6 Å². The highest BCUT2D eigenvalue weighted by atomic mass is 32.2. The second kappa shape index (κ2) is 5.35. The molecule has 0 fully saturated rings. The van der Waals surface area contributed by atoms with Crippen molar-refractivity contribution in [1.29, 1.82) is 0 Å². The molecule has 0 saturated heterocycles. The van der Waals surface area contributed by atoms with Gasteiger partial charge < -0.3 is 16.0 Å². The molecule has 1 aromatic rings. The van der Waals surface area contributed by atoms with Gasteiger partial charge in [0.2, 0.25) is 10.0 Å². The fourth-order valence-electron chi connectivity index (χ4n) is 1.40. The van der Waals surface area contributed by atoms with Gasteiger partial charge in [-0.05, 0) is 25.2 Å². The zero-order chi connectivity index (χ0) is 13.1. The summed E-state index contributed by atoms with van der Waals surface area (Å²) in [7, 11) is -0.0138. The number of benzene rings is 1. The number of primary sulfonamides is 1. The van der Waals surface area contributed by atoms with Crippen LogP contribution in [0.5, 0.6) is 0 Å². The number of sulfonamides is 1. The summed E-state index contributed by atoms with van der Waals surface area (Å²) in [5, 5.41) is 8.09. The van der Waals surface area contributed by atoms with E-state index in [0.717, 1.165) is 18.8 Å². The smallest absolute Gasteiger partial charge is 0.238 e. The molecular weight excluding hydrogens is 240 g/mol. The number of nitrogen functional groups attached to an aromatic ring is 1. The minimum atomic E-state index is -3.72. The molecular formula is C10H18N4O2S. The highest BCUT2D eigenvalue weighted by Gasteiger charge is 2.11. The molecule has 6 nitrogen and oxygen atoms in total. The Bertz CT molecular complexity index is 487. The monoisotopic (exact) mass is 258 g/mol. The summed E-state index contributed by atoms with van der Waals surface area (Å²) in [6.45, 7) is 1.53. The van der Waals surface area contributed by atoms with Gasteiger partial charge in [0.05, 0.1) is 4.90 Å². The van der Waals surface area contributed by atoms with E-state index in [1.165, 1.54) is 12.1 Å². The fraction of sp³-hybridized carbons (Fsp3) is 0.400. The number of nitrogens with one attached hydrogen (secondary N) is 1. The molecule has 17 heavy (non-hydrogen) atoms. The molecule has 0 spiro atoms. The summed E-state index contributed by atoms with van der Waals surface area (Å²) < 4.78 is 22.5. The third kappa shape index (κ3) is 3.88. The van der Waals surface area contributed by atoms with Crippen LogP contribution < -0.4 is 21.1 Å². The van der Waals surface area contributed by atoms with E-state index in [2.05, 4.69) is 5.32 Å². The Kier molecular flexibility index (Phi) is 4.33. The maximum Gasteiger partial charge on any atom is 0.238 e. The molecule has 5 N–H and O–H groups in total. The van der Waals surface area contributed by atoms with E-state index in [1.807, 2.05) is 19.0 Å². The summed E-state index contributed by atoms with van der Waals surface area (Å²) in [4.78, 5) is 1.94. The summed E-state index contributed by atoms with van der Waals surface area (Å²) in [6.07, 6.45) is 0. The predicted octanol–water partition coefficient (Wildman–Crippen LogP) is -0.428. The third-order valence-electron chi connectivity index (χ3n) is 2.38. The highest BCUT2D eigenvalue weighted by Crippen LogP contribution is 2.21. The van der Waals surface area contributed by atoms with Crippen LogP contribution >= 0.6 is 0 Å². The lowest BCUT2D eigenvalue weighted by atomic mass is 10.2. The van der Waals surface area contributed by atoms with Gasteiger partial charge in [-0.2, -0.15) is 0 Å². The van der Waals surface area contributed by atoms with Gasteiger partial charge in [-0.15, -0.1) is 0 Å². The normalized spacial score (nSPS) is 11.5. The van der Waals surface area contributed by atoms with Crippen LogP contribution in [0.15, 0.2) is 23.1 Å². The molecule has 1 rings (SSSR count). The van der Waals surface area contributed by atoms with E-state index >= 15 is 0 Å². The Hall–Kier alpha value is -1.31. The zero-order valence-corrected chi connectivity index (χ0v) is 10.8. The number of anilines is 2. The van der Waals surface area contributed by atoms with Crippen molar-refractivity contribution < 1.29 is 8.42 Å². The van der Waals surface area contributed by atoms with Gasteiger partial charge in [-0.3, -0.25) is 0 Å². The number of hydrogen-bond acceptors (Lipinski definition) is 5. The average Bonchev–Trinajstić information content (AvgIpc) is 2.23. The molecule has 0 aliphatic heterocycles. The van der Waals surface area contributed by atoms with Gasteiger partial charge in [0.1, 0.15) is 0 Å². The zero-order valence-electron chi connectivity index (χ0n) is 9.97. The van der Waals surface area contributed by atoms with Crippen LogP contribution in [-0.2, 0) is 10.0 Å². The first-order valence-corrected chi connectivity index (χ1v) is 6.68. The Balaban J connectivity index is 3.05. The Morgan fingerprint density at radius 2 is 2.00 bits per heavy atom. The van der Waals surface area contributed by atoms with Crippen LogP contribution in [0.25, 0.3) is 0 Å². The molecule has 0 saturated carbocycles. The van der Waals surface area contributed by atoms with Crippen molar-refractivity contribution in [3.8, 4) is 0 Å². The van der Waals surface area contributed by atoms with Crippen LogP contribution in [0.3, 0.4) is 0 Å². The highest BCUT2D eigenvalue weighted by molar-refractivity contribution is 7.89. The maximum atomic E-state index is 11.3. The summed E-state index contributed by atoms with van der Waals surface area (Å²) in [6, 6.07) is 4.58. The quantitative estimate of drug-likeness (QED) is 0.622. The van der Waals surface area contributed by atoms with Crippen molar-refractivity contribution in [2.24, 2.45) is 5.14 Å². The molecule has 0 bridgehead atoms. The summed E-state index contributed by atoms with van der Waals surface area (Å²) in [5.41, 5.74) is 6.76. The molecule has 0 atom stereocenters. The molecule has 0 aliphatic rings. The van der Waals surface area contributed by atoms with E-state index in [-0.39, 0.29) is 4.90 Å². The standard InChI is InChI=1S/C10H18N4O2S/c1-13-3-4-14(2)9-5-8(11)6-10(7-9)17(12,15)16/h5-7,13H,3-4,11H2,1-2H3,(H2,12,15,16). The van der Waals surface area contributed by atoms with Gasteiger partial charge in [0.15, 0.2) is 0 Å². The lowest BCUT2D eigenvalue weighted by Crippen LogP contribution is -2.27. The number of nitrogens with two attached hydrogens (primary N) is 2. The minimum absolute atomic E-state index is 0.0313. The maximum absolute atomic E-state index is 11.3. The van der Waals surface area contributed by atoms with Crippen LogP contribution in [0.2, 0.25) is 0 Å². The van der Waals surface area contributed by atoms with Crippen molar-refractivity contribution >= 4 is 21.4 Å². The minimum Gasteiger partial charge on any atom is -0.399 e. The summed E-state index contributed by atoms with van der Waals surface area (Å²) in [5.74, 6) is 0. The van der Waals surface area contributed by atoms with E-state index in [1.54, 1.807) is 6.07 Å². The first-order chi connectivity index (χ1) is 7.84. The topological polar surface area (TPSA) is 101 Å². The Morgan fingerprint density at radius 1 is 1.35 bits per heavy atom. The fourth-order valence-corrected chi connectivity index (χ4v) is 1.98. The molecule has 0 heterocycles. The van der Waals surface area contributed by atoms with Crippen LogP contribution in [-0.4, -0.2) is 35.6 Å². The Morgan fingerprint density at radius 3 is 2.53 bits per heavy atom. The van der Waals surface area contributed by atoms with E-state index < -0.39 is 10.0 Å². The van der Waals surface area contributed by atoms with Crippen molar-refractivity contribution in [3.05, 3.63) is 18.2 Å². The van der Waals surface area contributed by atoms with Crippen molar-refractivity contribution in [3.63, 3.8) is 0 Å². The SMILES string of the molecule is CNCCN(C)c1cc(N)cc(S(N)(=O)=O)c1. The summed E-state index contributed by atoms with van der Waals surface area (Å²) >= 11 is 0. The van der Waals surface area contributed by atoms with Gasteiger partial charge >= 0.3 is 0 Å². The van der Waals surface area contributed by atoms with Crippen molar-refractivity contribution in [2.75, 3.05) is 37.8 Å². The first-order valence-electron chi connectivity index (χ1n) is 5.13. The number of likely N-dealkylation sites (N-methyl/N-ethyl adjacent to an activating group) is 2. The van der Waals surface area contributed by atoms with Crippen LogP contribution in [0.4, 0.5) is 11.4 Å². The van der Waals surface area contributed by atoms with Gasteiger partial charge in [0.25, 0.3) is 0 Å². The molecule has 0 unspecified atom stereocenters. The van der Waals surface area contributed by atoms with Crippen LogP contribution in [0.1, 0.15) is 0 Å².